The third-order valence-electron chi connectivity index (χ3n) is 2.37. The van der Waals surface area contributed by atoms with Gasteiger partial charge in [-0.1, -0.05) is 0 Å². The van der Waals surface area contributed by atoms with Crippen LogP contribution in [0.4, 0.5) is 0 Å². The molecule has 2 rings (SSSR count). The summed E-state index contributed by atoms with van der Waals surface area (Å²) in [5.41, 5.74) is -2.00. The molecule has 0 aliphatic rings. The van der Waals surface area contributed by atoms with E-state index in [0.717, 1.165) is 10.8 Å². The summed E-state index contributed by atoms with van der Waals surface area (Å²) in [5, 5.41) is 12.7. The molecule has 2 N–H and O–H groups in total. The molecular weight excluding hydrogens is 240 g/mol. The summed E-state index contributed by atoms with van der Waals surface area (Å²) < 4.78 is 2.73. The smallest absolute Gasteiger partial charge is 0.342 e. The van der Waals surface area contributed by atoms with Crippen LogP contribution < -0.4 is 11.2 Å². The van der Waals surface area contributed by atoms with E-state index in [9.17, 15) is 14.4 Å². The van der Waals surface area contributed by atoms with Crippen molar-refractivity contribution < 1.29 is 9.90 Å². The van der Waals surface area contributed by atoms with Gasteiger partial charge < -0.3 is 5.11 Å². The molecule has 18 heavy (non-hydrogen) atoms. The Morgan fingerprint density at radius 3 is 2.78 bits per heavy atom. The minimum Gasteiger partial charge on any atom is -0.477 e. The molecule has 0 atom stereocenters. The Balaban J connectivity index is 2.28. The number of nitrogens with zero attached hydrogens (tertiary/aromatic N) is 3. The fourth-order valence-corrected chi connectivity index (χ4v) is 1.47. The van der Waals surface area contributed by atoms with Crippen LogP contribution in [-0.4, -0.2) is 30.4 Å². The number of rotatable bonds is 4. The van der Waals surface area contributed by atoms with Crippen LogP contribution in [-0.2, 0) is 13.1 Å². The van der Waals surface area contributed by atoms with Crippen molar-refractivity contribution >= 4 is 5.97 Å². The van der Waals surface area contributed by atoms with Gasteiger partial charge in [0.1, 0.15) is 5.56 Å². The van der Waals surface area contributed by atoms with Gasteiger partial charge in [-0.25, -0.2) is 9.59 Å². The van der Waals surface area contributed by atoms with Crippen LogP contribution in [0.2, 0.25) is 0 Å². The van der Waals surface area contributed by atoms with Crippen LogP contribution in [0.15, 0.2) is 34.2 Å². The lowest BCUT2D eigenvalue weighted by Gasteiger charge is -2.05. The number of aryl methyl sites for hydroxylation is 2. The molecule has 0 aliphatic heterocycles. The van der Waals surface area contributed by atoms with Crippen LogP contribution in [0.5, 0.6) is 0 Å². The number of nitrogens with one attached hydrogen (secondary N) is 1. The molecule has 0 saturated carbocycles. The van der Waals surface area contributed by atoms with Crippen LogP contribution in [0.25, 0.3) is 0 Å². The molecule has 0 saturated heterocycles. The molecular formula is C10H10N4O4. The maximum atomic E-state index is 11.5. The molecule has 2 aromatic heterocycles. The summed E-state index contributed by atoms with van der Waals surface area (Å²) in [7, 11) is 0. The second kappa shape index (κ2) is 4.70. The lowest BCUT2D eigenvalue weighted by molar-refractivity contribution is 0.0693. The zero-order chi connectivity index (χ0) is 13.1. The molecule has 2 heterocycles. The fraction of sp³-hybridized carbons (Fsp3) is 0.200. The Labute approximate surface area is 100 Å². The second-order valence-electron chi connectivity index (χ2n) is 3.57. The number of carboxylic acid groups (broad SMARTS) is 1. The minimum atomic E-state index is -1.37. The van der Waals surface area contributed by atoms with Gasteiger partial charge in [-0.05, 0) is 6.07 Å². The van der Waals surface area contributed by atoms with E-state index in [1.54, 1.807) is 23.1 Å². The van der Waals surface area contributed by atoms with Crippen LogP contribution >= 0.6 is 0 Å². The number of aromatic nitrogens is 4. The van der Waals surface area contributed by atoms with Gasteiger partial charge in [0, 0.05) is 25.1 Å². The molecule has 0 radical (unpaired) electrons. The first-order valence-electron chi connectivity index (χ1n) is 5.12. The first-order chi connectivity index (χ1) is 8.58. The summed E-state index contributed by atoms with van der Waals surface area (Å²) in [5.74, 6) is -1.37. The number of H-pyrrole nitrogens is 1. The van der Waals surface area contributed by atoms with Crippen molar-refractivity contribution in [1.29, 1.82) is 0 Å². The lowest BCUT2D eigenvalue weighted by atomic mass is 10.3. The highest BCUT2D eigenvalue weighted by Gasteiger charge is 2.11. The Morgan fingerprint density at radius 1 is 1.39 bits per heavy atom. The number of hydrogen-bond donors (Lipinski definition) is 2. The van der Waals surface area contributed by atoms with Gasteiger partial charge in [0.05, 0.1) is 6.54 Å². The maximum absolute atomic E-state index is 11.5. The van der Waals surface area contributed by atoms with Gasteiger partial charge in [-0.15, -0.1) is 0 Å². The first kappa shape index (κ1) is 11.8. The van der Waals surface area contributed by atoms with E-state index in [2.05, 4.69) is 5.10 Å². The maximum Gasteiger partial charge on any atom is 0.342 e. The van der Waals surface area contributed by atoms with Gasteiger partial charge >= 0.3 is 11.7 Å². The fourth-order valence-electron chi connectivity index (χ4n) is 1.47. The van der Waals surface area contributed by atoms with Gasteiger partial charge in [0.15, 0.2) is 0 Å². The zero-order valence-corrected chi connectivity index (χ0v) is 9.24. The normalized spacial score (nSPS) is 10.4. The van der Waals surface area contributed by atoms with Gasteiger partial charge in [0.25, 0.3) is 5.56 Å². The number of aromatic carboxylic acids is 1. The Morgan fingerprint density at radius 2 is 2.17 bits per heavy atom. The average Bonchev–Trinajstić information content (AvgIpc) is 2.80. The molecule has 0 unspecified atom stereocenters. The molecule has 2 aromatic rings. The van der Waals surface area contributed by atoms with Crippen molar-refractivity contribution in [3.63, 3.8) is 0 Å². The predicted molar refractivity (Wildman–Crippen MR) is 60.5 cm³/mol. The van der Waals surface area contributed by atoms with Gasteiger partial charge in [-0.3, -0.25) is 19.0 Å². The zero-order valence-electron chi connectivity index (χ0n) is 9.24. The van der Waals surface area contributed by atoms with Crippen molar-refractivity contribution in [3.8, 4) is 0 Å². The van der Waals surface area contributed by atoms with E-state index >= 15 is 0 Å². The molecule has 0 amide bonds. The van der Waals surface area contributed by atoms with E-state index in [4.69, 9.17) is 5.11 Å². The highest BCUT2D eigenvalue weighted by molar-refractivity contribution is 5.86. The number of carbonyl (C=O) groups is 1. The van der Waals surface area contributed by atoms with Crippen molar-refractivity contribution in [3.05, 3.63) is 51.1 Å². The minimum absolute atomic E-state index is 0.220. The summed E-state index contributed by atoms with van der Waals surface area (Å²) in [6.45, 7) is 0.621. The van der Waals surface area contributed by atoms with Crippen LogP contribution in [0.3, 0.4) is 0 Å². The van der Waals surface area contributed by atoms with Crippen molar-refractivity contribution in [2.45, 2.75) is 13.1 Å². The summed E-state index contributed by atoms with van der Waals surface area (Å²) in [4.78, 5) is 35.4. The monoisotopic (exact) mass is 250 g/mol. The van der Waals surface area contributed by atoms with Gasteiger partial charge in [0.2, 0.25) is 0 Å². The Hall–Kier alpha value is -2.64. The number of carboxylic acids is 1. The average molecular weight is 250 g/mol. The predicted octanol–water partition coefficient (Wildman–Crippen LogP) is -0.869. The molecule has 94 valence electrons. The number of hydrogen-bond acceptors (Lipinski definition) is 4. The van der Waals surface area contributed by atoms with Crippen molar-refractivity contribution in [2.75, 3.05) is 0 Å². The topological polar surface area (TPSA) is 110 Å². The summed E-state index contributed by atoms with van der Waals surface area (Å²) in [6, 6.07) is 1.73. The molecule has 0 aliphatic carbocycles. The molecule has 8 nitrogen and oxygen atoms in total. The van der Waals surface area contributed by atoms with E-state index in [-0.39, 0.29) is 6.54 Å². The van der Waals surface area contributed by atoms with Crippen LogP contribution in [0, 0.1) is 0 Å². The molecule has 0 aromatic carbocycles. The molecule has 8 heteroatoms. The van der Waals surface area contributed by atoms with E-state index in [1.807, 2.05) is 4.98 Å². The van der Waals surface area contributed by atoms with Crippen molar-refractivity contribution in [2.24, 2.45) is 0 Å². The highest BCUT2D eigenvalue weighted by Crippen LogP contribution is 1.91. The second-order valence-corrected chi connectivity index (χ2v) is 3.57. The van der Waals surface area contributed by atoms with Crippen LogP contribution in [0.1, 0.15) is 10.4 Å². The third kappa shape index (κ3) is 2.37. The quantitative estimate of drug-likeness (QED) is 0.733. The third-order valence-corrected chi connectivity index (χ3v) is 2.37. The SMILES string of the molecule is O=C(O)c1cn(CCn2cccn2)c(=O)[nH]c1=O. The van der Waals surface area contributed by atoms with Crippen molar-refractivity contribution in [1.82, 2.24) is 19.3 Å². The largest absolute Gasteiger partial charge is 0.477 e. The lowest BCUT2D eigenvalue weighted by Crippen LogP contribution is -2.34. The van der Waals surface area contributed by atoms with E-state index in [0.29, 0.717) is 6.54 Å². The number of aromatic amines is 1. The highest BCUT2D eigenvalue weighted by atomic mass is 16.4. The molecule has 0 fully saturated rings. The molecule has 0 bridgehead atoms. The van der Waals surface area contributed by atoms with E-state index < -0.39 is 22.8 Å². The Bertz CT molecular complexity index is 668. The molecule has 0 spiro atoms. The van der Waals surface area contributed by atoms with E-state index in [1.165, 1.54) is 0 Å². The Kier molecular flexibility index (Phi) is 3.09. The summed E-state index contributed by atoms with van der Waals surface area (Å²) in [6.07, 6.45) is 4.35. The van der Waals surface area contributed by atoms with Gasteiger partial charge in [-0.2, -0.15) is 5.10 Å². The standard InChI is InChI=1S/C10H10N4O4/c15-8-7(9(16)17)6-13(10(18)12-8)4-5-14-3-1-2-11-14/h1-3,6H,4-5H2,(H,16,17)(H,12,15,18). The summed E-state index contributed by atoms with van der Waals surface area (Å²) >= 11 is 0. The first-order valence-corrected chi connectivity index (χ1v) is 5.12.